The Morgan fingerprint density at radius 3 is 3.22 bits per heavy atom. The number of hydrogen-bond donors (Lipinski definition) is 1. The number of ether oxygens (including phenoxy) is 1. The van der Waals surface area contributed by atoms with Crippen LogP contribution in [0.2, 0.25) is 0 Å². The zero-order valence-corrected chi connectivity index (χ0v) is 10.1. The summed E-state index contributed by atoms with van der Waals surface area (Å²) < 4.78 is 5.21. The van der Waals surface area contributed by atoms with E-state index in [9.17, 15) is 4.79 Å². The molecule has 1 N–H and O–H groups in total. The maximum absolute atomic E-state index is 11.9. The van der Waals surface area contributed by atoms with Gasteiger partial charge in [-0.1, -0.05) is 0 Å². The summed E-state index contributed by atoms with van der Waals surface area (Å²) in [7, 11) is 0. The highest BCUT2D eigenvalue weighted by atomic mass is 16.6. The highest BCUT2D eigenvalue weighted by molar-refractivity contribution is 5.71. The second kappa shape index (κ2) is 5.47. The molecule has 0 spiro atoms. The lowest BCUT2D eigenvalue weighted by Gasteiger charge is -2.32. The molecule has 1 aromatic rings. The van der Waals surface area contributed by atoms with Gasteiger partial charge in [-0.05, 0) is 6.92 Å². The second-order valence-corrected chi connectivity index (χ2v) is 4.14. The van der Waals surface area contributed by atoms with Crippen molar-refractivity contribution in [3.8, 4) is 11.8 Å². The summed E-state index contributed by atoms with van der Waals surface area (Å²) in [6.07, 6.45) is 2.44. The van der Waals surface area contributed by atoms with Crippen molar-refractivity contribution < 1.29 is 9.53 Å². The van der Waals surface area contributed by atoms with Crippen molar-refractivity contribution in [1.29, 1.82) is 5.26 Å². The second-order valence-electron chi connectivity index (χ2n) is 4.14. The summed E-state index contributed by atoms with van der Waals surface area (Å²) in [5.41, 5.74) is 0.369. The number of rotatable bonds is 1. The lowest BCUT2D eigenvalue weighted by molar-refractivity contribution is 0.124. The van der Waals surface area contributed by atoms with Gasteiger partial charge in [0.05, 0.1) is 11.8 Å². The van der Waals surface area contributed by atoms with Crippen LogP contribution in [0, 0.1) is 11.3 Å². The summed E-state index contributed by atoms with van der Waals surface area (Å²) in [4.78, 5) is 17.4. The minimum absolute atomic E-state index is 0.0957. The van der Waals surface area contributed by atoms with E-state index in [0.717, 1.165) is 13.1 Å². The third-order valence-corrected chi connectivity index (χ3v) is 2.78. The van der Waals surface area contributed by atoms with Crippen LogP contribution in [-0.2, 0) is 0 Å². The monoisotopic (exact) mass is 246 g/mol. The van der Waals surface area contributed by atoms with E-state index < -0.39 is 6.09 Å². The number of carbonyl (C=O) groups excluding carboxylic acids is 1. The fraction of sp³-hybridized carbons (Fsp3) is 0.417. The molecule has 0 saturated carbocycles. The molecule has 1 aromatic heterocycles. The molecule has 6 nitrogen and oxygen atoms in total. The Balaban J connectivity index is 2.04. The molecule has 1 fully saturated rings. The minimum Gasteiger partial charge on any atom is -0.408 e. The summed E-state index contributed by atoms with van der Waals surface area (Å²) in [6.45, 7) is 4.09. The largest absolute Gasteiger partial charge is 0.415 e. The van der Waals surface area contributed by atoms with Gasteiger partial charge < -0.3 is 15.0 Å². The Morgan fingerprint density at radius 2 is 2.50 bits per heavy atom. The predicted molar refractivity (Wildman–Crippen MR) is 64.0 cm³/mol. The van der Waals surface area contributed by atoms with Crippen molar-refractivity contribution in [2.75, 3.05) is 19.6 Å². The molecule has 2 rings (SSSR count). The number of pyridine rings is 1. The highest BCUT2D eigenvalue weighted by Gasteiger charge is 2.24. The maximum atomic E-state index is 11.9. The molecule has 0 bridgehead atoms. The number of amides is 1. The van der Waals surface area contributed by atoms with E-state index in [0.29, 0.717) is 17.9 Å². The number of nitrogens with one attached hydrogen (secondary N) is 1. The van der Waals surface area contributed by atoms with Crippen LogP contribution in [0.3, 0.4) is 0 Å². The average molecular weight is 246 g/mol. The number of aromatic nitrogens is 1. The van der Waals surface area contributed by atoms with E-state index in [2.05, 4.69) is 10.3 Å². The number of nitriles is 1. The molecule has 1 aliphatic rings. The first-order valence-corrected chi connectivity index (χ1v) is 5.75. The van der Waals surface area contributed by atoms with Gasteiger partial charge >= 0.3 is 6.09 Å². The van der Waals surface area contributed by atoms with Crippen molar-refractivity contribution >= 4 is 6.09 Å². The zero-order valence-electron chi connectivity index (χ0n) is 10.1. The number of nitrogens with zero attached hydrogens (tertiary/aromatic N) is 3. The molecule has 1 amide bonds. The minimum atomic E-state index is -0.402. The third kappa shape index (κ3) is 2.76. The van der Waals surface area contributed by atoms with Crippen molar-refractivity contribution in [2.45, 2.75) is 13.0 Å². The van der Waals surface area contributed by atoms with E-state index in [1.165, 1.54) is 18.5 Å². The Kier molecular flexibility index (Phi) is 3.75. The van der Waals surface area contributed by atoms with E-state index >= 15 is 0 Å². The Labute approximate surface area is 105 Å². The molecule has 0 aliphatic carbocycles. The number of hydrogen-bond acceptors (Lipinski definition) is 5. The van der Waals surface area contributed by atoms with Crippen LogP contribution in [0.15, 0.2) is 18.5 Å². The van der Waals surface area contributed by atoms with Crippen molar-refractivity contribution in [2.24, 2.45) is 0 Å². The van der Waals surface area contributed by atoms with E-state index in [4.69, 9.17) is 10.00 Å². The Hall–Kier alpha value is -2.13. The first kappa shape index (κ1) is 12.3. The number of carbonyl (C=O) groups is 1. The van der Waals surface area contributed by atoms with Gasteiger partial charge in [-0.25, -0.2) is 4.79 Å². The van der Waals surface area contributed by atoms with Gasteiger partial charge in [-0.15, -0.1) is 0 Å². The SMILES string of the molecule is C[C@@H]1CNCCN1C(=O)Oc1cncc(C#N)c1. The van der Waals surface area contributed by atoms with Gasteiger partial charge in [0.2, 0.25) is 0 Å². The third-order valence-electron chi connectivity index (χ3n) is 2.78. The van der Waals surface area contributed by atoms with Crippen LogP contribution in [0.5, 0.6) is 5.75 Å². The van der Waals surface area contributed by atoms with Crippen molar-refractivity contribution in [3.05, 3.63) is 24.0 Å². The van der Waals surface area contributed by atoms with Crippen LogP contribution in [0.1, 0.15) is 12.5 Å². The first-order chi connectivity index (χ1) is 8.70. The van der Waals surface area contributed by atoms with Gasteiger partial charge in [-0.3, -0.25) is 4.98 Å². The van der Waals surface area contributed by atoms with E-state index in [-0.39, 0.29) is 6.04 Å². The lowest BCUT2D eigenvalue weighted by atomic mass is 10.2. The van der Waals surface area contributed by atoms with Crippen molar-refractivity contribution in [1.82, 2.24) is 15.2 Å². The summed E-state index contributed by atoms with van der Waals surface area (Å²) in [5.74, 6) is 0.296. The molecule has 2 heterocycles. The Morgan fingerprint density at radius 1 is 1.67 bits per heavy atom. The fourth-order valence-corrected chi connectivity index (χ4v) is 1.81. The number of piperazine rings is 1. The van der Waals surface area contributed by atoms with Crippen LogP contribution in [-0.4, -0.2) is 41.7 Å². The molecule has 0 aromatic carbocycles. The van der Waals surface area contributed by atoms with Gasteiger partial charge in [0.25, 0.3) is 0 Å². The highest BCUT2D eigenvalue weighted by Crippen LogP contribution is 2.13. The molecule has 6 heteroatoms. The van der Waals surface area contributed by atoms with Crippen molar-refractivity contribution in [3.63, 3.8) is 0 Å². The predicted octanol–water partition coefficient (Wildman–Crippen LogP) is 0.746. The standard InChI is InChI=1S/C12H14N4O2/c1-9-6-14-2-3-16(9)12(17)18-11-4-10(5-13)7-15-8-11/h4,7-9,14H,2-3,6H2,1H3/t9-/m1/s1. The average Bonchev–Trinajstić information content (AvgIpc) is 2.39. The quantitative estimate of drug-likeness (QED) is 0.791. The van der Waals surface area contributed by atoms with Crippen LogP contribution in [0.4, 0.5) is 4.79 Å². The van der Waals surface area contributed by atoms with Gasteiger partial charge in [0.1, 0.15) is 6.07 Å². The van der Waals surface area contributed by atoms with Gasteiger partial charge in [0.15, 0.2) is 5.75 Å². The molecular formula is C12H14N4O2. The summed E-state index contributed by atoms with van der Waals surface area (Å²) in [5, 5.41) is 11.9. The van der Waals surface area contributed by atoms with E-state index in [1.807, 2.05) is 13.0 Å². The molecule has 1 aliphatic heterocycles. The maximum Gasteiger partial charge on any atom is 0.415 e. The van der Waals surface area contributed by atoms with Gasteiger partial charge in [0, 0.05) is 37.9 Å². The molecular weight excluding hydrogens is 232 g/mol. The van der Waals surface area contributed by atoms with Crippen LogP contribution < -0.4 is 10.1 Å². The Bertz CT molecular complexity index is 483. The first-order valence-electron chi connectivity index (χ1n) is 5.75. The van der Waals surface area contributed by atoms with Crippen LogP contribution in [0.25, 0.3) is 0 Å². The van der Waals surface area contributed by atoms with Gasteiger partial charge in [-0.2, -0.15) is 5.26 Å². The fourth-order valence-electron chi connectivity index (χ4n) is 1.81. The zero-order chi connectivity index (χ0) is 13.0. The molecule has 1 saturated heterocycles. The molecule has 1 atom stereocenters. The molecule has 0 radical (unpaired) electrons. The lowest BCUT2D eigenvalue weighted by Crippen LogP contribution is -2.53. The molecule has 0 unspecified atom stereocenters. The topological polar surface area (TPSA) is 78.2 Å². The molecule has 94 valence electrons. The van der Waals surface area contributed by atoms with E-state index in [1.54, 1.807) is 4.90 Å². The van der Waals surface area contributed by atoms with Crippen LogP contribution >= 0.6 is 0 Å². The molecule has 18 heavy (non-hydrogen) atoms. The normalized spacial score (nSPS) is 19.1. The smallest absolute Gasteiger partial charge is 0.408 e. The summed E-state index contributed by atoms with van der Waals surface area (Å²) >= 11 is 0. The summed E-state index contributed by atoms with van der Waals surface area (Å²) in [6, 6.07) is 3.54.